The topological polar surface area (TPSA) is 63.0 Å². The van der Waals surface area contributed by atoms with E-state index in [0.717, 1.165) is 49.8 Å². The number of fused-ring (bicyclic) bond motifs is 3. The SMILES string of the molecule is CC(C)c1c(-c2cccc3[nH]ccc23)c(C(=O)O)n2c1-c1cc(F)cc3ccn(c13)[C@H](C)C2. The molecule has 0 aliphatic carbocycles. The van der Waals surface area contributed by atoms with Gasteiger partial charge in [0.05, 0.1) is 11.2 Å². The number of benzene rings is 2. The van der Waals surface area contributed by atoms with Crippen molar-refractivity contribution in [3.63, 3.8) is 0 Å². The molecule has 0 amide bonds. The molecule has 0 unspecified atom stereocenters. The van der Waals surface area contributed by atoms with Crippen LogP contribution in [0.1, 0.15) is 48.8 Å². The lowest BCUT2D eigenvalue weighted by molar-refractivity contribution is 0.0685. The smallest absolute Gasteiger partial charge is 0.353 e. The number of halogens is 1. The highest BCUT2D eigenvalue weighted by atomic mass is 19.1. The molecule has 166 valence electrons. The molecule has 1 aliphatic heterocycles. The Labute approximate surface area is 190 Å². The van der Waals surface area contributed by atoms with Gasteiger partial charge in [-0.3, -0.25) is 0 Å². The Morgan fingerprint density at radius 2 is 2.00 bits per heavy atom. The van der Waals surface area contributed by atoms with E-state index in [1.54, 1.807) is 12.1 Å². The summed E-state index contributed by atoms with van der Waals surface area (Å²) in [6.07, 6.45) is 3.84. The molecule has 6 rings (SSSR count). The molecular weight excluding hydrogens is 417 g/mol. The van der Waals surface area contributed by atoms with Gasteiger partial charge in [-0.2, -0.15) is 0 Å². The van der Waals surface area contributed by atoms with E-state index in [1.165, 1.54) is 0 Å². The molecule has 1 aliphatic rings. The number of H-pyrrole nitrogens is 1. The van der Waals surface area contributed by atoms with Crippen molar-refractivity contribution in [2.45, 2.75) is 39.3 Å². The first-order valence-corrected chi connectivity index (χ1v) is 11.2. The quantitative estimate of drug-likeness (QED) is 0.324. The molecule has 0 saturated heterocycles. The van der Waals surface area contributed by atoms with Gasteiger partial charge in [-0.25, -0.2) is 9.18 Å². The van der Waals surface area contributed by atoms with E-state index in [0.29, 0.717) is 6.54 Å². The van der Waals surface area contributed by atoms with Crippen molar-refractivity contribution in [2.24, 2.45) is 0 Å². The average Bonchev–Trinajstić information content (AvgIpc) is 3.46. The van der Waals surface area contributed by atoms with E-state index < -0.39 is 5.97 Å². The van der Waals surface area contributed by atoms with Gasteiger partial charge < -0.3 is 19.2 Å². The van der Waals surface area contributed by atoms with Crippen LogP contribution in [0.25, 0.3) is 44.2 Å². The molecule has 0 fully saturated rings. The van der Waals surface area contributed by atoms with Gasteiger partial charge in [-0.05, 0) is 54.3 Å². The minimum atomic E-state index is -0.975. The van der Waals surface area contributed by atoms with Gasteiger partial charge in [-0.15, -0.1) is 0 Å². The number of aromatic carboxylic acids is 1. The number of carboxylic acids is 1. The first-order chi connectivity index (χ1) is 15.9. The third kappa shape index (κ3) is 2.67. The second-order valence-electron chi connectivity index (χ2n) is 9.26. The fraction of sp³-hybridized carbons (Fsp3) is 0.222. The average molecular weight is 442 g/mol. The molecule has 4 heterocycles. The lowest BCUT2D eigenvalue weighted by Crippen LogP contribution is -2.15. The Balaban J connectivity index is 1.83. The number of aromatic amines is 1. The van der Waals surface area contributed by atoms with E-state index >= 15 is 0 Å². The fourth-order valence-corrected chi connectivity index (χ4v) is 5.64. The Morgan fingerprint density at radius 1 is 1.18 bits per heavy atom. The van der Waals surface area contributed by atoms with Crippen molar-refractivity contribution in [2.75, 3.05) is 0 Å². The number of hydrogen-bond donors (Lipinski definition) is 2. The maximum absolute atomic E-state index is 14.8. The highest BCUT2D eigenvalue weighted by Gasteiger charge is 2.34. The first-order valence-electron chi connectivity index (χ1n) is 11.2. The van der Waals surface area contributed by atoms with Gasteiger partial charge in [0.2, 0.25) is 0 Å². The summed E-state index contributed by atoms with van der Waals surface area (Å²) in [5.41, 5.74) is 6.26. The monoisotopic (exact) mass is 441 g/mol. The Kier molecular flexibility index (Phi) is 4.12. The molecule has 3 aromatic heterocycles. The molecule has 2 N–H and O–H groups in total. The third-order valence-electron chi connectivity index (χ3n) is 6.90. The number of carboxylic acid groups (broad SMARTS) is 1. The van der Waals surface area contributed by atoms with Crippen molar-refractivity contribution in [1.82, 2.24) is 14.1 Å². The van der Waals surface area contributed by atoms with Crippen LogP contribution in [0.5, 0.6) is 0 Å². The summed E-state index contributed by atoms with van der Waals surface area (Å²) >= 11 is 0. The van der Waals surface area contributed by atoms with Crippen LogP contribution in [0, 0.1) is 5.82 Å². The van der Waals surface area contributed by atoms with Crippen molar-refractivity contribution in [3.05, 3.63) is 71.9 Å². The van der Waals surface area contributed by atoms with Gasteiger partial charge in [0.15, 0.2) is 0 Å². The zero-order chi connectivity index (χ0) is 23.0. The van der Waals surface area contributed by atoms with Crippen LogP contribution in [-0.4, -0.2) is 25.2 Å². The minimum Gasteiger partial charge on any atom is -0.477 e. The van der Waals surface area contributed by atoms with Crippen molar-refractivity contribution >= 4 is 27.8 Å². The molecule has 5 aromatic rings. The van der Waals surface area contributed by atoms with Gasteiger partial charge in [0.1, 0.15) is 11.5 Å². The van der Waals surface area contributed by atoms with Crippen LogP contribution in [0.15, 0.2) is 54.9 Å². The number of rotatable bonds is 3. The van der Waals surface area contributed by atoms with Gasteiger partial charge in [0, 0.05) is 52.4 Å². The van der Waals surface area contributed by atoms with Crippen LogP contribution in [-0.2, 0) is 6.54 Å². The summed E-state index contributed by atoms with van der Waals surface area (Å²) in [6, 6.07) is 13.0. The maximum atomic E-state index is 14.8. The predicted molar refractivity (Wildman–Crippen MR) is 128 cm³/mol. The standard InChI is InChI=1S/C27H24FN3O2/c1-14(2)22-23(19-5-4-6-21-18(19)7-9-29-21)26(27(32)33)31-13-15(3)30-10-8-16-11-17(28)12-20(24(16)30)25(22)31/h4-12,14-15,29H,13H2,1-3H3,(H,32,33)/t15-/m1/s1. The zero-order valence-electron chi connectivity index (χ0n) is 18.7. The van der Waals surface area contributed by atoms with Gasteiger partial charge >= 0.3 is 5.97 Å². The lowest BCUT2D eigenvalue weighted by atomic mass is 9.89. The van der Waals surface area contributed by atoms with Gasteiger partial charge in [0.25, 0.3) is 0 Å². The lowest BCUT2D eigenvalue weighted by Gasteiger charge is -2.16. The second kappa shape index (κ2) is 6.85. The van der Waals surface area contributed by atoms with Crippen LogP contribution in [0.3, 0.4) is 0 Å². The summed E-state index contributed by atoms with van der Waals surface area (Å²) in [4.78, 5) is 16.0. The second-order valence-corrected chi connectivity index (χ2v) is 9.26. The number of hydrogen-bond acceptors (Lipinski definition) is 1. The maximum Gasteiger partial charge on any atom is 0.353 e. The van der Waals surface area contributed by atoms with Crippen molar-refractivity contribution in [3.8, 4) is 22.4 Å². The molecule has 0 saturated carbocycles. The predicted octanol–water partition coefficient (Wildman–Crippen LogP) is 6.79. The summed E-state index contributed by atoms with van der Waals surface area (Å²) in [6.45, 7) is 6.72. The van der Waals surface area contributed by atoms with Crippen molar-refractivity contribution in [1.29, 1.82) is 0 Å². The van der Waals surface area contributed by atoms with E-state index in [4.69, 9.17) is 0 Å². The molecule has 5 nitrogen and oxygen atoms in total. The van der Waals surface area contributed by atoms with Gasteiger partial charge in [-0.1, -0.05) is 26.0 Å². The summed E-state index contributed by atoms with van der Waals surface area (Å²) in [5.74, 6) is -1.27. The molecule has 0 bridgehead atoms. The Morgan fingerprint density at radius 3 is 2.76 bits per heavy atom. The molecule has 0 radical (unpaired) electrons. The van der Waals surface area contributed by atoms with E-state index in [1.807, 2.05) is 47.3 Å². The number of aromatic nitrogens is 3. The molecule has 33 heavy (non-hydrogen) atoms. The number of nitrogens with zero attached hydrogens (tertiary/aromatic N) is 2. The summed E-state index contributed by atoms with van der Waals surface area (Å²) in [5, 5.41) is 12.3. The van der Waals surface area contributed by atoms with Crippen LogP contribution in [0.2, 0.25) is 0 Å². The Hall–Kier alpha value is -3.80. The molecular formula is C27H24FN3O2. The van der Waals surface area contributed by atoms with E-state index in [-0.39, 0.29) is 23.5 Å². The van der Waals surface area contributed by atoms with Crippen LogP contribution >= 0.6 is 0 Å². The normalized spacial score (nSPS) is 15.4. The largest absolute Gasteiger partial charge is 0.477 e. The highest BCUT2D eigenvalue weighted by molar-refractivity contribution is 6.07. The zero-order valence-corrected chi connectivity index (χ0v) is 18.7. The van der Waals surface area contributed by atoms with Crippen LogP contribution < -0.4 is 0 Å². The fourth-order valence-electron chi connectivity index (χ4n) is 5.64. The molecule has 1 atom stereocenters. The van der Waals surface area contributed by atoms with Crippen molar-refractivity contribution < 1.29 is 14.3 Å². The van der Waals surface area contributed by atoms with E-state index in [9.17, 15) is 14.3 Å². The number of nitrogens with one attached hydrogen (secondary N) is 1. The van der Waals surface area contributed by atoms with E-state index in [2.05, 4.69) is 30.3 Å². The first kappa shape index (κ1) is 19.9. The summed E-state index contributed by atoms with van der Waals surface area (Å²) in [7, 11) is 0. The highest BCUT2D eigenvalue weighted by Crippen LogP contribution is 2.48. The van der Waals surface area contributed by atoms with Crippen LogP contribution in [0.4, 0.5) is 4.39 Å². The molecule has 6 heteroatoms. The molecule has 2 aromatic carbocycles. The summed E-state index contributed by atoms with van der Waals surface area (Å²) < 4.78 is 18.8. The minimum absolute atomic E-state index is 0.00868. The Bertz CT molecular complexity index is 1580. The molecule has 0 spiro atoms. The number of carbonyl (C=O) groups is 1. The third-order valence-corrected chi connectivity index (χ3v) is 6.90.